The average molecular weight is 409 g/mol. The molecule has 0 heterocycles. The third-order valence-corrected chi connectivity index (χ3v) is 3.96. The van der Waals surface area contributed by atoms with Gasteiger partial charge in [0.2, 0.25) is 5.78 Å². The minimum atomic E-state index is -3.46. The first-order chi connectivity index (χ1) is 13.4. The zero-order chi connectivity index (χ0) is 22.1. The van der Waals surface area contributed by atoms with E-state index in [9.17, 15) is 55.4 Å². The van der Waals surface area contributed by atoms with E-state index < -0.39 is 70.7 Å². The van der Waals surface area contributed by atoms with Crippen LogP contribution < -0.4 is 0 Å². The fourth-order valence-electron chi connectivity index (χ4n) is 2.63. The van der Waals surface area contributed by atoms with Gasteiger partial charge in [0.15, 0.2) is 12.0 Å². The quantitative estimate of drug-likeness (QED) is 0.268. The van der Waals surface area contributed by atoms with Crippen molar-refractivity contribution in [1.82, 2.24) is 0 Å². The van der Waals surface area contributed by atoms with Crippen LogP contribution in [-0.2, 0) is 0 Å². The number of hydrogen-bond donors (Lipinski definition) is 0. The van der Waals surface area contributed by atoms with Gasteiger partial charge in [0.05, 0.1) is 14.8 Å². The van der Waals surface area contributed by atoms with Crippen LogP contribution in [0.5, 0.6) is 0 Å². The standard InChI is InChI=1S/C13H7N5O11/c19-12(7-3-1-2-4-8(7)14(20)21)11-9(15(22)23)5-13(17(26)27,18(28)29)6-10(11)16(24)25/h1-5H,6H2. The van der Waals surface area contributed by atoms with E-state index in [0.717, 1.165) is 24.3 Å². The fourth-order valence-corrected chi connectivity index (χ4v) is 2.63. The van der Waals surface area contributed by atoms with Gasteiger partial charge < -0.3 is 0 Å². The number of para-hydroxylation sites is 1. The second kappa shape index (κ2) is 7.18. The highest BCUT2D eigenvalue weighted by Gasteiger charge is 2.64. The Bertz CT molecular complexity index is 1040. The topological polar surface area (TPSA) is 233 Å². The molecule has 1 aromatic rings. The number of nitro groups is 5. The zero-order valence-corrected chi connectivity index (χ0v) is 13.8. The van der Waals surface area contributed by atoms with Gasteiger partial charge in [-0.1, -0.05) is 12.1 Å². The smallest absolute Gasteiger partial charge is 0.288 e. The van der Waals surface area contributed by atoms with Gasteiger partial charge in [-0.3, -0.25) is 55.4 Å². The molecule has 0 bridgehead atoms. The molecule has 0 N–H and O–H groups in total. The maximum Gasteiger partial charge on any atom is 0.494 e. The van der Waals surface area contributed by atoms with Crippen LogP contribution in [0.15, 0.2) is 47.3 Å². The van der Waals surface area contributed by atoms with E-state index in [1.165, 1.54) is 0 Å². The largest absolute Gasteiger partial charge is 0.494 e. The molecule has 1 aliphatic rings. The Morgan fingerprint density at radius 3 is 1.83 bits per heavy atom. The molecule has 0 aromatic heterocycles. The molecule has 1 aliphatic carbocycles. The highest BCUT2D eigenvalue weighted by Crippen LogP contribution is 2.37. The SMILES string of the molecule is O=C(C1=C([N+](=O)[O-])CC([N+](=O)[O-])([N+](=O)[O-])C=C1[N+](=O)[O-])c1ccccc1[N+](=O)[O-]. The van der Waals surface area contributed by atoms with Crippen molar-refractivity contribution in [2.75, 3.05) is 0 Å². The summed E-state index contributed by atoms with van der Waals surface area (Å²) in [5.74, 6) is -1.55. The Morgan fingerprint density at radius 2 is 1.38 bits per heavy atom. The number of allylic oxidation sites excluding steroid dienone is 1. The van der Waals surface area contributed by atoms with E-state index in [2.05, 4.69) is 0 Å². The lowest BCUT2D eigenvalue weighted by atomic mass is 9.87. The summed E-state index contributed by atoms with van der Waals surface area (Å²) in [5, 5.41) is 56.3. The molecule has 16 heteroatoms. The van der Waals surface area contributed by atoms with Crippen molar-refractivity contribution in [3.8, 4) is 0 Å². The van der Waals surface area contributed by atoms with Crippen molar-refractivity contribution in [2.45, 2.75) is 12.1 Å². The average Bonchev–Trinajstić information content (AvgIpc) is 2.65. The van der Waals surface area contributed by atoms with Gasteiger partial charge in [0, 0.05) is 6.07 Å². The summed E-state index contributed by atoms with van der Waals surface area (Å²) in [4.78, 5) is 62.1. The van der Waals surface area contributed by atoms with Crippen LogP contribution in [0.4, 0.5) is 5.69 Å². The molecule has 0 atom stereocenters. The summed E-state index contributed by atoms with van der Waals surface area (Å²) in [5.41, 5.74) is -9.43. The first-order valence-electron chi connectivity index (χ1n) is 7.26. The summed E-state index contributed by atoms with van der Waals surface area (Å²) in [6.07, 6.45) is -1.67. The minimum Gasteiger partial charge on any atom is -0.288 e. The number of rotatable bonds is 7. The van der Waals surface area contributed by atoms with Crippen LogP contribution in [0.1, 0.15) is 16.8 Å². The van der Waals surface area contributed by atoms with Gasteiger partial charge in [-0.2, -0.15) is 0 Å². The third kappa shape index (κ3) is 3.36. The third-order valence-electron chi connectivity index (χ3n) is 3.96. The highest BCUT2D eigenvalue weighted by atomic mass is 16.7. The molecular weight excluding hydrogens is 402 g/mol. The fraction of sp³-hybridized carbons (Fsp3) is 0.154. The second-order valence-corrected chi connectivity index (χ2v) is 5.54. The Kier molecular flexibility index (Phi) is 5.12. The van der Waals surface area contributed by atoms with Gasteiger partial charge in [0.1, 0.15) is 21.5 Å². The number of Topliss-reactive ketones (excluding diaryl/α,β-unsaturated/α-hetero) is 1. The molecule has 0 fully saturated rings. The maximum absolute atomic E-state index is 12.8. The molecule has 29 heavy (non-hydrogen) atoms. The van der Waals surface area contributed by atoms with E-state index >= 15 is 0 Å². The molecule has 0 spiro atoms. The van der Waals surface area contributed by atoms with Crippen molar-refractivity contribution >= 4 is 11.5 Å². The maximum atomic E-state index is 12.8. The molecule has 0 radical (unpaired) electrons. The van der Waals surface area contributed by atoms with Gasteiger partial charge >= 0.3 is 5.66 Å². The second-order valence-electron chi connectivity index (χ2n) is 5.54. The summed E-state index contributed by atoms with van der Waals surface area (Å²) in [7, 11) is 0. The molecule has 150 valence electrons. The number of benzene rings is 1. The van der Waals surface area contributed by atoms with E-state index in [1.54, 1.807) is 0 Å². The lowest BCUT2D eigenvalue weighted by Gasteiger charge is -2.17. The normalized spacial score (nSPS) is 15.2. The number of nitro benzene ring substituents is 1. The van der Waals surface area contributed by atoms with Gasteiger partial charge in [-0.25, -0.2) is 0 Å². The van der Waals surface area contributed by atoms with Crippen LogP contribution >= 0.6 is 0 Å². The number of carbonyl (C=O) groups excluding carboxylic acids is 1. The van der Waals surface area contributed by atoms with Crippen molar-refractivity contribution in [2.24, 2.45) is 0 Å². The summed E-state index contributed by atoms with van der Waals surface area (Å²) in [6, 6.07) is 4.03. The molecule has 0 saturated carbocycles. The van der Waals surface area contributed by atoms with E-state index in [1.807, 2.05) is 0 Å². The molecule has 1 aromatic carbocycles. The Hall–Kier alpha value is -4.63. The van der Waals surface area contributed by atoms with Crippen molar-refractivity contribution in [3.63, 3.8) is 0 Å². The number of nitrogens with zero attached hydrogens (tertiary/aromatic N) is 5. The Balaban J connectivity index is 2.86. The monoisotopic (exact) mass is 409 g/mol. The van der Waals surface area contributed by atoms with Crippen molar-refractivity contribution in [1.29, 1.82) is 0 Å². The molecule has 0 saturated heterocycles. The van der Waals surface area contributed by atoms with Crippen molar-refractivity contribution in [3.05, 3.63) is 103 Å². The van der Waals surface area contributed by atoms with Crippen LogP contribution in [0.25, 0.3) is 0 Å². The van der Waals surface area contributed by atoms with Gasteiger partial charge in [-0.05, 0) is 6.07 Å². The first kappa shape index (κ1) is 20.7. The van der Waals surface area contributed by atoms with E-state index in [0.29, 0.717) is 0 Å². The predicted octanol–water partition coefficient (Wildman–Crippen LogP) is 1.12. The van der Waals surface area contributed by atoms with Gasteiger partial charge in [-0.15, -0.1) is 0 Å². The highest BCUT2D eigenvalue weighted by molar-refractivity contribution is 6.13. The minimum absolute atomic E-state index is 0.0813. The lowest BCUT2D eigenvalue weighted by Crippen LogP contribution is -2.48. The molecule has 0 unspecified atom stereocenters. The van der Waals surface area contributed by atoms with Gasteiger partial charge in [0.25, 0.3) is 17.1 Å². The van der Waals surface area contributed by atoms with E-state index in [4.69, 9.17) is 0 Å². The van der Waals surface area contributed by atoms with Crippen molar-refractivity contribution < 1.29 is 29.4 Å². The zero-order valence-electron chi connectivity index (χ0n) is 13.8. The molecule has 0 aliphatic heterocycles. The number of ketones is 1. The van der Waals surface area contributed by atoms with Crippen LogP contribution in [0.2, 0.25) is 0 Å². The Labute approximate surface area is 157 Å². The molecule has 2 rings (SSSR count). The lowest BCUT2D eigenvalue weighted by molar-refractivity contribution is -0.783. The Morgan fingerprint density at radius 1 is 0.828 bits per heavy atom. The van der Waals surface area contributed by atoms with E-state index in [-0.39, 0.29) is 6.08 Å². The first-order valence-corrected chi connectivity index (χ1v) is 7.26. The predicted molar refractivity (Wildman–Crippen MR) is 87.9 cm³/mol. The van der Waals surface area contributed by atoms with Crippen LogP contribution in [0, 0.1) is 50.6 Å². The molecule has 16 nitrogen and oxygen atoms in total. The molecule has 0 amide bonds. The summed E-state index contributed by atoms with van der Waals surface area (Å²) in [6.45, 7) is 0. The summed E-state index contributed by atoms with van der Waals surface area (Å²) >= 11 is 0. The summed E-state index contributed by atoms with van der Waals surface area (Å²) < 4.78 is 0. The van der Waals surface area contributed by atoms with Crippen LogP contribution in [-0.4, -0.2) is 36.1 Å². The van der Waals surface area contributed by atoms with Crippen LogP contribution in [0.3, 0.4) is 0 Å². The number of carbonyl (C=O) groups is 1. The number of hydrogen-bond acceptors (Lipinski definition) is 11. The molecular formula is C13H7N5O11.